The first-order chi connectivity index (χ1) is 12.6. The molecule has 0 aromatic heterocycles. The van der Waals surface area contributed by atoms with Crippen molar-refractivity contribution in [2.45, 2.75) is 18.3 Å². The van der Waals surface area contributed by atoms with Crippen LogP contribution in [-0.4, -0.2) is 18.1 Å². The topological polar surface area (TPSA) is 40.5 Å². The van der Waals surface area contributed by atoms with E-state index in [0.29, 0.717) is 12.8 Å². The Kier molecular flexibility index (Phi) is 4.00. The van der Waals surface area contributed by atoms with Gasteiger partial charge in [0.2, 0.25) is 5.91 Å². The van der Waals surface area contributed by atoms with Crippen molar-refractivity contribution < 1.29 is 9.90 Å². The van der Waals surface area contributed by atoms with Gasteiger partial charge >= 0.3 is 0 Å². The summed E-state index contributed by atoms with van der Waals surface area (Å²) >= 11 is 0. The van der Waals surface area contributed by atoms with Crippen LogP contribution in [-0.2, 0) is 23.1 Å². The van der Waals surface area contributed by atoms with E-state index in [9.17, 15) is 9.90 Å². The second-order valence-electron chi connectivity index (χ2n) is 6.96. The predicted molar refractivity (Wildman–Crippen MR) is 103 cm³/mol. The van der Waals surface area contributed by atoms with Crippen molar-refractivity contribution in [3.63, 3.8) is 0 Å². The summed E-state index contributed by atoms with van der Waals surface area (Å²) in [6.07, 6.45) is 1.21. The molecule has 130 valence electrons. The maximum Gasteiger partial charge on any atom is 0.238 e. The fraction of sp³-hybridized carbons (Fsp3) is 0.174. The van der Waals surface area contributed by atoms with E-state index in [1.54, 1.807) is 17.0 Å². The van der Waals surface area contributed by atoms with Crippen LogP contribution in [0.5, 0.6) is 5.75 Å². The van der Waals surface area contributed by atoms with Crippen LogP contribution in [0.1, 0.15) is 16.7 Å². The number of nitrogens with zero attached hydrogens (tertiary/aromatic N) is 1. The molecule has 1 aliphatic heterocycles. The number of benzene rings is 3. The summed E-state index contributed by atoms with van der Waals surface area (Å²) in [5.74, 6) is 0.245. The molecule has 0 fully saturated rings. The van der Waals surface area contributed by atoms with Gasteiger partial charge in [-0.05, 0) is 47.7 Å². The zero-order chi connectivity index (χ0) is 18.1. The lowest BCUT2D eigenvalue weighted by Gasteiger charge is -2.42. The monoisotopic (exact) mass is 343 g/mol. The van der Waals surface area contributed by atoms with Crippen LogP contribution in [0.4, 0.5) is 5.69 Å². The van der Waals surface area contributed by atoms with Gasteiger partial charge in [0.15, 0.2) is 0 Å². The summed E-state index contributed by atoms with van der Waals surface area (Å²) in [6.45, 7) is 0. The fourth-order valence-electron chi connectivity index (χ4n) is 4.03. The number of carbonyl (C=O) groups is 1. The Morgan fingerprint density at radius 3 is 2.46 bits per heavy atom. The van der Waals surface area contributed by atoms with Gasteiger partial charge in [0, 0.05) is 12.7 Å². The van der Waals surface area contributed by atoms with Crippen molar-refractivity contribution in [3.05, 3.63) is 95.6 Å². The Morgan fingerprint density at radius 1 is 0.962 bits per heavy atom. The maximum absolute atomic E-state index is 13.6. The van der Waals surface area contributed by atoms with Gasteiger partial charge in [0.25, 0.3) is 0 Å². The zero-order valence-corrected chi connectivity index (χ0v) is 14.7. The molecule has 0 spiro atoms. The molecule has 0 saturated carbocycles. The second kappa shape index (κ2) is 6.34. The highest BCUT2D eigenvalue weighted by Crippen LogP contribution is 2.42. The van der Waals surface area contributed by atoms with E-state index < -0.39 is 5.41 Å². The molecule has 1 amide bonds. The molecule has 0 bridgehead atoms. The van der Waals surface area contributed by atoms with Crippen LogP contribution in [0.15, 0.2) is 78.9 Å². The lowest BCUT2D eigenvalue weighted by molar-refractivity contribution is -0.124. The molecule has 1 aliphatic rings. The number of phenols is 1. The van der Waals surface area contributed by atoms with Gasteiger partial charge in [-0.1, -0.05) is 60.7 Å². The van der Waals surface area contributed by atoms with Crippen molar-refractivity contribution >= 4 is 11.6 Å². The van der Waals surface area contributed by atoms with Crippen LogP contribution in [0.3, 0.4) is 0 Å². The minimum absolute atomic E-state index is 0.0608. The first kappa shape index (κ1) is 16.4. The Bertz CT molecular complexity index is 951. The van der Waals surface area contributed by atoms with Crippen molar-refractivity contribution in [2.24, 2.45) is 0 Å². The quantitative estimate of drug-likeness (QED) is 0.778. The Labute approximate surface area is 153 Å². The highest BCUT2D eigenvalue weighted by atomic mass is 16.3. The molecular weight excluding hydrogens is 322 g/mol. The van der Waals surface area contributed by atoms with E-state index in [0.717, 1.165) is 22.4 Å². The molecule has 3 aromatic rings. The SMILES string of the molecule is CN1C(=O)C(Cc2ccccc2)(c2cccc(O)c2)Cc2ccccc21. The number of carbonyl (C=O) groups excluding carboxylic acids is 1. The zero-order valence-electron chi connectivity index (χ0n) is 14.7. The van der Waals surface area contributed by atoms with Crippen LogP contribution in [0.25, 0.3) is 0 Å². The van der Waals surface area contributed by atoms with Crippen LogP contribution in [0.2, 0.25) is 0 Å². The number of aromatic hydroxyl groups is 1. The molecular formula is C23H21NO2. The first-order valence-corrected chi connectivity index (χ1v) is 8.80. The Morgan fingerprint density at radius 2 is 1.69 bits per heavy atom. The van der Waals surface area contributed by atoms with E-state index in [1.165, 1.54) is 0 Å². The van der Waals surface area contributed by atoms with Crippen LogP contribution in [0, 0.1) is 0 Å². The lowest BCUT2D eigenvalue weighted by Crippen LogP contribution is -2.52. The third-order valence-electron chi connectivity index (χ3n) is 5.31. The summed E-state index contributed by atoms with van der Waals surface area (Å²) in [5, 5.41) is 10.0. The molecule has 1 heterocycles. The van der Waals surface area contributed by atoms with E-state index in [4.69, 9.17) is 0 Å². The van der Waals surface area contributed by atoms with Gasteiger partial charge in [-0.15, -0.1) is 0 Å². The number of hydrogen-bond acceptors (Lipinski definition) is 2. The fourth-order valence-corrected chi connectivity index (χ4v) is 4.03. The van der Waals surface area contributed by atoms with Crippen molar-refractivity contribution in [2.75, 3.05) is 11.9 Å². The largest absolute Gasteiger partial charge is 0.508 e. The van der Waals surface area contributed by atoms with Gasteiger partial charge in [-0.25, -0.2) is 0 Å². The molecule has 26 heavy (non-hydrogen) atoms. The molecule has 1 unspecified atom stereocenters. The smallest absolute Gasteiger partial charge is 0.238 e. The summed E-state index contributed by atoms with van der Waals surface area (Å²) in [5.41, 5.74) is 3.34. The molecule has 0 saturated heterocycles. The van der Waals surface area contributed by atoms with Gasteiger partial charge in [0.1, 0.15) is 5.75 Å². The second-order valence-corrected chi connectivity index (χ2v) is 6.96. The number of fused-ring (bicyclic) bond motifs is 1. The maximum atomic E-state index is 13.6. The average molecular weight is 343 g/mol. The van der Waals surface area contributed by atoms with E-state index in [2.05, 4.69) is 18.2 Å². The molecule has 0 radical (unpaired) electrons. The molecule has 3 heteroatoms. The van der Waals surface area contributed by atoms with Gasteiger partial charge in [-0.2, -0.15) is 0 Å². The molecule has 3 nitrogen and oxygen atoms in total. The number of anilines is 1. The van der Waals surface area contributed by atoms with Crippen molar-refractivity contribution in [1.82, 2.24) is 0 Å². The lowest BCUT2D eigenvalue weighted by atomic mass is 9.68. The molecule has 1 atom stereocenters. The van der Waals surface area contributed by atoms with Gasteiger partial charge in [-0.3, -0.25) is 4.79 Å². The van der Waals surface area contributed by atoms with Gasteiger partial charge < -0.3 is 10.0 Å². The summed E-state index contributed by atoms with van der Waals surface area (Å²) in [6, 6.07) is 25.3. The number of para-hydroxylation sites is 1. The van der Waals surface area contributed by atoms with E-state index >= 15 is 0 Å². The number of phenolic OH excluding ortho intramolecular Hbond substituents is 1. The minimum Gasteiger partial charge on any atom is -0.508 e. The van der Waals surface area contributed by atoms with E-state index in [-0.39, 0.29) is 11.7 Å². The van der Waals surface area contributed by atoms with Gasteiger partial charge in [0.05, 0.1) is 5.41 Å². The third-order valence-corrected chi connectivity index (χ3v) is 5.31. The predicted octanol–water partition coefficient (Wildman–Crippen LogP) is 4.09. The Hall–Kier alpha value is -3.07. The third kappa shape index (κ3) is 2.66. The average Bonchev–Trinajstić information content (AvgIpc) is 2.67. The number of rotatable bonds is 3. The number of amides is 1. The van der Waals surface area contributed by atoms with Crippen LogP contribution >= 0.6 is 0 Å². The summed E-state index contributed by atoms with van der Waals surface area (Å²) < 4.78 is 0. The molecule has 4 rings (SSSR count). The molecule has 3 aromatic carbocycles. The standard InChI is InChI=1S/C23H21NO2/c1-24-21-13-6-5-10-18(21)16-23(22(24)26,15-17-8-3-2-4-9-17)19-11-7-12-20(25)14-19/h2-14,25H,15-16H2,1H3. The molecule has 1 N–H and O–H groups in total. The van der Waals surface area contributed by atoms with Crippen molar-refractivity contribution in [3.8, 4) is 5.75 Å². The minimum atomic E-state index is -0.733. The van der Waals surface area contributed by atoms with Crippen molar-refractivity contribution in [1.29, 1.82) is 0 Å². The summed E-state index contributed by atoms with van der Waals surface area (Å²) in [7, 11) is 1.84. The molecule has 0 aliphatic carbocycles. The number of likely N-dealkylation sites (N-methyl/N-ethyl adjacent to an activating group) is 1. The van der Waals surface area contributed by atoms with Crippen LogP contribution < -0.4 is 4.90 Å². The highest BCUT2D eigenvalue weighted by molar-refractivity contribution is 6.04. The highest BCUT2D eigenvalue weighted by Gasteiger charge is 2.46. The normalized spacial score (nSPS) is 19.3. The van der Waals surface area contributed by atoms with E-state index in [1.807, 2.05) is 55.6 Å². The number of hydrogen-bond donors (Lipinski definition) is 1. The Balaban J connectivity index is 1.90. The summed E-state index contributed by atoms with van der Waals surface area (Å²) in [4.78, 5) is 15.3. The first-order valence-electron chi connectivity index (χ1n) is 8.80.